The van der Waals surface area contributed by atoms with E-state index in [-0.39, 0.29) is 0 Å². The number of imide groups is 1. The van der Waals surface area contributed by atoms with Gasteiger partial charge in [-0.3, -0.25) is 4.79 Å². The fraction of sp³-hybridized carbons (Fsp3) is 0.333. The first-order chi connectivity index (χ1) is 19.2. The molecule has 2 aliphatic rings. The summed E-state index contributed by atoms with van der Waals surface area (Å²) in [5.74, 6) is 0.179. The molecular weight excluding hydrogens is 506 g/mol. The van der Waals surface area contributed by atoms with E-state index in [4.69, 9.17) is 4.74 Å². The van der Waals surface area contributed by atoms with Gasteiger partial charge in [-0.1, -0.05) is 18.2 Å². The van der Waals surface area contributed by atoms with Crippen LogP contribution in [-0.2, 0) is 4.74 Å². The Hall–Kier alpha value is -4.44. The lowest BCUT2D eigenvalue weighted by atomic mass is 10.0. The molecule has 1 saturated heterocycles. The lowest BCUT2D eigenvalue weighted by molar-refractivity contribution is 0.0213. The third-order valence-electron chi connectivity index (χ3n) is 7.28. The summed E-state index contributed by atoms with van der Waals surface area (Å²) < 4.78 is 7.59. The van der Waals surface area contributed by atoms with Crippen LogP contribution >= 0.6 is 0 Å². The van der Waals surface area contributed by atoms with Crippen molar-refractivity contribution in [2.45, 2.75) is 32.4 Å². The van der Waals surface area contributed by atoms with E-state index in [0.717, 1.165) is 37.5 Å². The molecule has 5 heterocycles. The monoisotopic (exact) mass is 539 g/mol. The van der Waals surface area contributed by atoms with Crippen LogP contribution in [-0.4, -0.2) is 75.0 Å². The highest BCUT2D eigenvalue weighted by Crippen LogP contribution is 2.43. The third-order valence-corrected chi connectivity index (χ3v) is 7.28. The zero-order chi connectivity index (χ0) is 28.0. The summed E-state index contributed by atoms with van der Waals surface area (Å²) in [6.07, 6.45) is 4.73. The number of carbonyl (C=O) groups excluding carboxylic acids is 2. The van der Waals surface area contributed by atoms with Crippen LogP contribution in [0.2, 0.25) is 0 Å². The number of imidazole rings is 1. The summed E-state index contributed by atoms with van der Waals surface area (Å²) in [7, 11) is 2.13. The van der Waals surface area contributed by atoms with Gasteiger partial charge in [-0.15, -0.1) is 0 Å². The van der Waals surface area contributed by atoms with Crippen LogP contribution in [0.25, 0.3) is 5.65 Å². The van der Waals surface area contributed by atoms with Crippen molar-refractivity contribution < 1.29 is 14.3 Å². The smallest absolute Gasteiger partial charge is 0.418 e. The van der Waals surface area contributed by atoms with Gasteiger partial charge in [-0.25, -0.2) is 19.7 Å². The number of aromatic nitrogens is 3. The molecule has 0 aliphatic carbocycles. The molecule has 2 amide bonds. The van der Waals surface area contributed by atoms with Crippen molar-refractivity contribution in [1.82, 2.24) is 24.2 Å². The van der Waals surface area contributed by atoms with E-state index in [1.807, 2.05) is 65.3 Å². The van der Waals surface area contributed by atoms with Crippen LogP contribution < -0.4 is 10.2 Å². The van der Waals surface area contributed by atoms with Crippen LogP contribution in [0.15, 0.2) is 67.1 Å². The second-order valence-corrected chi connectivity index (χ2v) is 11.3. The van der Waals surface area contributed by atoms with E-state index < -0.39 is 23.6 Å². The summed E-state index contributed by atoms with van der Waals surface area (Å²) in [6, 6.07) is 14.5. The van der Waals surface area contributed by atoms with Crippen molar-refractivity contribution in [1.29, 1.82) is 0 Å². The molecule has 0 spiro atoms. The molecule has 1 atom stereocenters. The number of amides is 2. The molecule has 10 heteroatoms. The first kappa shape index (κ1) is 25.8. The zero-order valence-electron chi connectivity index (χ0n) is 23.2. The average molecular weight is 540 g/mol. The van der Waals surface area contributed by atoms with Gasteiger partial charge in [0.15, 0.2) is 0 Å². The second kappa shape index (κ2) is 9.95. The number of nitrogens with zero attached hydrogens (tertiary/aromatic N) is 6. The van der Waals surface area contributed by atoms with Gasteiger partial charge in [0.1, 0.15) is 23.1 Å². The average Bonchev–Trinajstić information content (AvgIpc) is 3.48. The summed E-state index contributed by atoms with van der Waals surface area (Å²) in [6.45, 7) is 9.29. The third kappa shape index (κ3) is 4.75. The van der Waals surface area contributed by atoms with Crippen LogP contribution in [0.5, 0.6) is 0 Å². The maximum absolute atomic E-state index is 14.0. The molecule has 3 aromatic heterocycles. The SMILES string of the molecule is CN1CCN(c2ccc(Nc3cccc4c3C(=O)N(C(=O)OC(C)(C)C)C4c3cnc4ccccn34)nc2)CC1. The van der Waals surface area contributed by atoms with Crippen molar-refractivity contribution in [2.75, 3.05) is 43.4 Å². The number of ether oxygens (including phenoxy) is 1. The minimum Gasteiger partial charge on any atom is -0.443 e. The first-order valence-electron chi connectivity index (χ1n) is 13.5. The molecule has 0 radical (unpaired) electrons. The van der Waals surface area contributed by atoms with Gasteiger partial charge in [0.05, 0.1) is 35.0 Å². The molecule has 206 valence electrons. The molecule has 6 rings (SSSR count). The van der Waals surface area contributed by atoms with Gasteiger partial charge < -0.3 is 24.3 Å². The predicted molar refractivity (Wildman–Crippen MR) is 153 cm³/mol. The van der Waals surface area contributed by atoms with Gasteiger partial charge in [-0.05, 0) is 63.7 Å². The Balaban J connectivity index is 1.36. The van der Waals surface area contributed by atoms with Gasteiger partial charge in [0.2, 0.25) is 0 Å². The van der Waals surface area contributed by atoms with Crippen LogP contribution in [0.1, 0.15) is 48.4 Å². The zero-order valence-corrected chi connectivity index (χ0v) is 23.2. The molecule has 1 N–H and O–H groups in total. The van der Waals surface area contributed by atoms with E-state index >= 15 is 0 Å². The highest BCUT2D eigenvalue weighted by atomic mass is 16.6. The number of fused-ring (bicyclic) bond motifs is 2. The number of hydrogen-bond acceptors (Lipinski definition) is 8. The van der Waals surface area contributed by atoms with Gasteiger partial charge in [0, 0.05) is 32.4 Å². The van der Waals surface area contributed by atoms with E-state index in [9.17, 15) is 9.59 Å². The minimum atomic E-state index is -0.771. The van der Waals surface area contributed by atoms with E-state index in [0.29, 0.717) is 28.3 Å². The maximum Gasteiger partial charge on any atom is 0.418 e. The Morgan fingerprint density at radius 1 is 0.975 bits per heavy atom. The number of rotatable bonds is 4. The maximum atomic E-state index is 14.0. The van der Waals surface area contributed by atoms with Crippen molar-refractivity contribution in [3.05, 3.63) is 83.9 Å². The Morgan fingerprint density at radius 2 is 1.77 bits per heavy atom. The number of likely N-dealkylation sites (N-methyl/N-ethyl adjacent to an activating group) is 1. The van der Waals surface area contributed by atoms with Gasteiger partial charge in [0.25, 0.3) is 5.91 Å². The minimum absolute atomic E-state index is 0.411. The van der Waals surface area contributed by atoms with E-state index in [2.05, 4.69) is 32.1 Å². The normalized spacial score (nSPS) is 17.8. The number of pyridine rings is 2. The lowest BCUT2D eigenvalue weighted by Crippen LogP contribution is -2.44. The molecule has 40 heavy (non-hydrogen) atoms. The fourth-order valence-corrected chi connectivity index (χ4v) is 5.31. The Kier molecular flexibility index (Phi) is 6.42. The molecule has 2 aliphatic heterocycles. The van der Waals surface area contributed by atoms with Gasteiger partial charge >= 0.3 is 6.09 Å². The summed E-state index contributed by atoms with van der Waals surface area (Å²) in [5, 5.41) is 3.32. The van der Waals surface area contributed by atoms with Crippen molar-refractivity contribution in [3.8, 4) is 0 Å². The van der Waals surface area contributed by atoms with Crippen LogP contribution in [0, 0.1) is 0 Å². The number of hydrogen-bond donors (Lipinski definition) is 1. The highest BCUT2D eigenvalue weighted by molar-refractivity contribution is 6.11. The van der Waals surface area contributed by atoms with Crippen molar-refractivity contribution >= 4 is 34.8 Å². The van der Waals surface area contributed by atoms with Crippen molar-refractivity contribution in [2.24, 2.45) is 0 Å². The predicted octanol–water partition coefficient (Wildman–Crippen LogP) is 4.71. The van der Waals surface area contributed by atoms with Crippen LogP contribution in [0.3, 0.4) is 0 Å². The molecular formula is C30H33N7O3. The Bertz CT molecular complexity index is 1570. The van der Waals surface area contributed by atoms with Crippen molar-refractivity contribution in [3.63, 3.8) is 0 Å². The number of nitrogens with one attached hydrogen (secondary N) is 1. The molecule has 4 aromatic rings. The lowest BCUT2D eigenvalue weighted by Gasteiger charge is -2.33. The molecule has 0 bridgehead atoms. The number of carbonyl (C=O) groups is 2. The largest absolute Gasteiger partial charge is 0.443 e. The fourth-order valence-electron chi connectivity index (χ4n) is 5.31. The topological polar surface area (TPSA) is 95.3 Å². The van der Waals surface area contributed by atoms with Gasteiger partial charge in [-0.2, -0.15) is 0 Å². The molecule has 10 nitrogen and oxygen atoms in total. The first-order valence-corrected chi connectivity index (χ1v) is 13.5. The molecule has 1 fully saturated rings. The molecule has 1 unspecified atom stereocenters. The van der Waals surface area contributed by atoms with Crippen LogP contribution in [0.4, 0.5) is 22.0 Å². The van der Waals surface area contributed by atoms with E-state index in [1.54, 1.807) is 27.0 Å². The van der Waals surface area contributed by atoms with E-state index in [1.165, 1.54) is 4.90 Å². The Labute approximate surface area is 233 Å². The highest BCUT2D eigenvalue weighted by Gasteiger charge is 2.46. The summed E-state index contributed by atoms with van der Waals surface area (Å²) in [5.41, 5.74) is 3.40. The number of anilines is 3. The standard InChI is InChI=1S/C30H33N7O3/c1-30(2,3)40-29(39)37-27(23-19-32-25-10-5-6-13-36(23)25)21-8-7-9-22(26(21)28(37)38)33-24-12-11-20(18-31-24)35-16-14-34(4)15-17-35/h5-13,18-19,27H,14-17H2,1-4H3,(H,31,33). The Morgan fingerprint density at radius 3 is 2.50 bits per heavy atom. The second-order valence-electron chi connectivity index (χ2n) is 11.3. The summed E-state index contributed by atoms with van der Waals surface area (Å²) >= 11 is 0. The molecule has 1 aromatic carbocycles. The molecule has 0 saturated carbocycles. The quantitative estimate of drug-likeness (QED) is 0.399. The summed E-state index contributed by atoms with van der Waals surface area (Å²) in [4.78, 5) is 42.4. The number of benzene rings is 1. The number of piperazine rings is 1.